The molecule has 1 unspecified atom stereocenters. The van der Waals surface area contributed by atoms with Crippen LogP contribution in [0.5, 0.6) is 11.5 Å². The zero-order valence-electron chi connectivity index (χ0n) is 29.6. The zero-order chi connectivity index (χ0) is 36.1. The van der Waals surface area contributed by atoms with Gasteiger partial charge in [0.15, 0.2) is 0 Å². The Bertz CT molecular complexity index is 1600. The van der Waals surface area contributed by atoms with E-state index in [2.05, 4.69) is 44.0 Å². The molecule has 0 aromatic heterocycles. The van der Waals surface area contributed by atoms with E-state index in [0.717, 1.165) is 57.4 Å². The Morgan fingerprint density at radius 2 is 1.69 bits per heavy atom. The molecule has 0 bridgehead atoms. The number of allylic oxidation sites excluding steroid dienone is 6. The van der Waals surface area contributed by atoms with Gasteiger partial charge in [0.2, 0.25) is 0 Å². The van der Waals surface area contributed by atoms with Crippen molar-refractivity contribution in [2.24, 2.45) is 16.7 Å². The third-order valence-corrected chi connectivity index (χ3v) is 11.6. The number of aliphatic hydroxyl groups excluding tert-OH is 1. The Morgan fingerprint density at radius 3 is 2.31 bits per heavy atom. The van der Waals surface area contributed by atoms with Crippen molar-refractivity contribution in [2.75, 3.05) is 0 Å². The van der Waals surface area contributed by atoms with Gasteiger partial charge in [-0.2, -0.15) is 16.8 Å². The van der Waals surface area contributed by atoms with Gasteiger partial charge >= 0.3 is 20.8 Å². The molecular formula is C36H56O10S2. The van der Waals surface area contributed by atoms with E-state index in [1.165, 1.54) is 34.4 Å². The fourth-order valence-electron chi connectivity index (χ4n) is 7.63. The molecule has 4 N–H and O–H groups in total. The Balaban J connectivity index is 1.81. The first-order valence-corrected chi connectivity index (χ1v) is 19.7. The lowest BCUT2D eigenvalue weighted by Gasteiger charge is -2.51. The molecule has 1 aromatic carbocycles. The van der Waals surface area contributed by atoms with Gasteiger partial charge in [0.05, 0.1) is 11.7 Å². The molecule has 0 heterocycles. The highest BCUT2D eigenvalue weighted by Gasteiger charge is 2.46. The predicted molar refractivity (Wildman–Crippen MR) is 188 cm³/mol. The fraction of sp³-hybridized carbons (Fsp3) is 0.667. The van der Waals surface area contributed by atoms with E-state index in [4.69, 9.17) is 4.18 Å². The van der Waals surface area contributed by atoms with E-state index in [1.54, 1.807) is 6.92 Å². The van der Waals surface area contributed by atoms with Gasteiger partial charge in [-0.1, -0.05) is 55.2 Å². The topological polar surface area (TPSA) is 168 Å². The fourth-order valence-corrected chi connectivity index (χ4v) is 8.37. The molecule has 2 aliphatic rings. The second-order valence-corrected chi connectivity index (χ2v) is 17.1. The van der Waals surface area contributed by atoms with Crippen molar-refractivity contribution in [1.82, 2.24) is 0 Å². The zero-order valence-corrected chi connectivity index (χ0v) is 31.2. The quantitative estimate of drug-likeness (QED) is 0.0978. The van der Waals surface area contributed by atoms with Gasteiger partial charge in [0.25, 0.3) is 0 Å². The standard InChI is InChI=1S/C36H56O10S2/c1-25(2)11-8-22-36(7,38)33(37)19-14-26(3)12-9-20-34(5)21-10-13-31-30(34)17-15-27(4)35(31,6)24-28-23-29(45-47(39,40)41)16-18-32(28)46-48(42,43)44/h11-12,16,18,23,27,33,37-38H,8-10,13-15,17,19-22,24H2,1-7H3,(H,39,40,41)(H,42,43,44)/b26-12-/t27-,33-,34?,35+,36+/m0/s1. The van der Waals surface area contributed by atoms with E-state index in [0.29, 0.717) is 31.2 Å². The molecule has 3 rings (SSSR count). The molecule has 1 aromatic rings. The first kappa shape index (κ1) is 40.2. The van der Waals surface area contributed by atoms with Crippen LogP contribution in [0.2, 0.25) is 0 Å². The van der Waals surface area contributed by atoms with Crippen LogP contribution in [0.15, 0.2) is 52.6 Å². The number of rotatable bonds is 16. The van der Waals surface area contributed by atoms with Crippen LogP contribution in [0.1, 0.15) is 125 Å². The highest BCUT2D eigenvalue weighted by Crippen LogP contribution is 2.58. The molecule has 5 atom stereocenters. The lowest BCUT2D eigenvalue weighted by molar-refractivity contribution is -0.0691. The van der Waals surface area contributed by atoms with Crippen LogP contribution < -0.4 is 8.37 Å². The second-order valence-electron chi connectivity index (χ2n) is 15.0. The Labute approximate surface area is 288 Å². The molecule has 272 valence electrons. The Kier molecular flexibility index (Phi) is 13.2. The molecule has 0 saturated heterocycles. The van der Waals surface area contributed by atoms with Crippen molar-refractivity contribution >= 4 is 20.8 Å². The van der Waals surface area contributed by atoms with Crippen LogP contribution in [0.3, 0.4) is 0 Å². The van der Waals surface area contributed by atoms with Crippen molar-refractivity contribution in [3.05, 3.63) is 58.2 Å². The summed E-state index contributed by atoms with van der Waals surface area (Å²) in [6.45, 7) is 14.5. The van der Waals surface area contributed by atoms with Crippen LogP contribution >= 0.6 is 0 Å². The summed E-state index contributed by atoms with van der Waals surface area (Å²) in [7, 11) is -9.68. The maximum atomic E-state index is 11.7. The second kappa shape index (κ2) is 15.8. The van der Waals surface area contributed by atoms with E-state index in [-0.39, 0.29) is 22.8 Å². The molecule has 0 spiro atoms. The highest BCUT2D eigenvalue weighted by molar-refractivity contribution is 7.81. The normalized spacial score (nSPS) is 25.6. The summed E-state index contributed by atoms with van der Waals surface area (Å²) < 4.78 is 74.4. The largest absolute Gasteiger partial charge is 0.446 e. The van der Waals surface area contributed by atoms with Gasteiger partial charge in [-0.25, -0.2) is 0 Å². The van der Waals surface area contributed by atoms with E-state index in [1.807, 2.05) is 13.8 Å². The van der Waals surface area contributed by atoms with Gasteiger partial charge in [-0.05, 0) is 140 Å². The average molecular weight is 713 g/mol. The van der Waals surface area contributed by atoms with Gasteiger partial charge < -0.3 is 18.6 Å². The molecule has 48 heavy (non-hydrogen) atoms. The monoisotopic (exact) mass is 712 g/mol. The van der Waals surface area contributed by atoms with E-state index < -0.39 is 37.9 Å². The number of hydrogen-bond acceptors (Lipinski definition) is 8. The van der Waals surface area contributed by atoms with E-state index >= 15 is 0 Å². The summed E-state index contributed by atoms with van der Waals surface area (Å²) in [5.74, 6) is -0.136. The Morgan fingerprint density at radius 1 is 1.02 bits per heavy atom. The number of aliphatic hydroxyl groups is 2. The lowest BCUT2D eigenvalue weighted by atomic mass is 9.54. The van der Waals surface area contributed by atoms with Crippen LogP contribution in [-0.2, 0) is 27.2 Å². The van der Waals surface area contributed by atoms with Crippen molar-refractivity contribution < 1.29 is 44.5 Å². The number of benzene rings is 1. The molecular weight excluding hydrogens is 657 g/mol. The Hall–Kier alpha value is -2.22. The first-order valence-electron chi connectivity index (χ1n) is 16.9. The first-order chi connectivity index (χ1) is 22.0. The highest BCUT2D eigenvalue weighted by atomic mass is 32.3. The summed E-state index contributed by atoms with van der Waals surface area (Å²) in [6.07, 6.45) is 12.9. The SMILES string of the molecule is CC(C)=CCC[C@@](C)(O)[C@@H](O)CC/C(C)=C\CCC1(C)CCCC2=C1CC[C@H](C)[C@@]2(C)Cc1cc(OS(=O)(=O)O)ccc1OS(=O)(=O)O. The van der Waals surface area contributed by atoms with Crippen LogP contribution in [-0.4, -0.2) is 47.9 Å². The van der Waals surface area contributed by atoms with Crippen LogP contribution in [0.25, 0.3) is 0 Å². The molecule has 10 nitrogen and oxygen atoms in total. The average Bonchev–Trinajstić information content (AvgIpc) is 2.93. The summed E-state index contributed by atoms with van der Waals surface area (Å²) >= 11 is 0. The molecule has 0 radical (unpaired) electrons. The number of hydrogen-bond donors (Lipinski definition) is 4. The smallest absolute Gasteiger partial charge is 0.390 e. The predicted octanol–water partition coefficient (Wildman–Crippen LogP) is 7.88. The van der Waals surface area contributed by atoms with Gasteiger partial charge in [0, 0.05) is 5.56 Å². The minimum atomic E-state index is -4.86. The molecule has 12 heteroatoms. The maximum Gasteiger partial charge on any atom is 0.446 e. The van der Waals surface area contributed by atoms with Crippen molar-refractivity contribution in [2.45, 2.75) is 137 Å². The molecule has 0 fully saturated rings. The summed E-state index contributed by atoms with van der Waals surface area (Å²) in [5.41, 5.74) is 3.86. The van der Waals surface area contributed by atoms with Crippen molar-refractivity contribution in [3.63, 3.8) is 0 Å². The summed E-state index contributed by atoms with van der Waals surface area (Å²) in [5, 5.41) is 21.5. The van der Waals surface area contributed by atoms with Gasteiger partial charge in [-0.3, -0.25) is 9.11 Å². The third-order valence-electron chi connectivity index (χ3n) is 10.8. The summed E-state index contributed by atoms with van der Waals surface area (Å²) in [6, 6.07) is 3.69. The third kappa shape index (κ3) is 11.1. The van der Waals surface area contributed by atoms with Crippen molar-refractivity contribution in [1.29, 1.82) is 0 Å². The molecule has 2 aliphatic carbocycles. The molecule has 0 saturated carbocycles. The van der Waals surface area contributed by atoms with Crippen LogP contribution in [0, 0.1) is 16.7 Å². The van der Waals surface area contributed by atoms with Crippen LogP contribution in [0.4, 0.5) is 0 Å². The van der Waals surface area contributed by atoms with Crippen molar-refractivity contribution in [3.8, 4) is 11.5 Å². The molecule has 0 amide bonds. The summed E-state index contributed by atoms with van der Waals surface area (Å²) in [4.78, 5) is 0. The van der Waals surface area contributed by atoms with Gasteiger partial charge in [-0.15, -0.1) is 0 Å². The van der Waals surface area contributed by atoms with E-state index in [9.17, 15) is 36.2 Å². The minimum absolute atomic E-state index is 0.0381. The minimum Gasteiger partial charge on any atom is -0.390 e. The molecule has 0 aliphatic heterocycles. The lowest BCUT2D eigenvalue weighted by Crippen LogP contribution is -2.40. The maximum absolute atomic E-state index is 11.7. The van der Waals surface area contributed by atoms with Gasteiger partial charge in [0.1, 0.15) is 11.5 Å².